The number of anilines is 2. The first-order valence-electron chi connectivity index (χ1n) is 9.72. The van der Waals surface area contributed by atoms with Gasteiger partial charge in [0.25, 0.3) is 5.91 Å². The molecule has 0 radical (unpaired) electrons. The highest BCUT2D eigenvalue weighted by Crippen LogP contribution is 2.23. The van der Waals surface area contributed by atoms with Crippen LogP contribution in [0, 0.1) is 13.8 Å². The molecule has 0 spiro atoms. The van der Waals surface area contributed by atoms with E-state index in [1.807, 2.05) is 74.5 Å². The number of amides is 2. The summed E-state index contributed by atoms with van der Waals surface area (Å²) in [6.45, 7) is 3.48. The lowest BCUT2D eigenvalue weighted by molar-refractivity contribution is -0.147. The molecule has 30 heavy (non-hydrogen) atoms. The third kappa shape index (κ3) is 5.91. The van der Waals surface area contributed by atoms with Gasteiger partial charge < -0.3 is 15.4 Å². The molecule has 6 heteroatoms. The Bertz CT molecular complexity index is 1070. The van der Waals surface area contributed by atoms with Crippen molar-refractivity contribution in [2.45, 2.75) is 26.7 Å². The minimum Gasteiger partial charge on any atom is -0.456 e. The summed E-state index contributed by atoms with van der Waals surface area (Å²) in [7, 11) is 0. The van der Waals surface area contributed by atoms with E-state index in [1.54, 1.807) is 0 Å². The summed E-state index contributed by atoms with van der Waals surface area (Å²) < 4.78 is 4.98. The van der Waals surface area contributed by atoms with Gasteiger partial charge in [-0.15, -0.1) is 0 Å². The molecule has 3 rings (SSSR count). The van der Waals surface area contributed by atoms with Crippen molar-refractivity contribution in [2.24, 2.45) is 0 Å². The van der Waals surface area contributed by atoms with Crippen molar-refractivity contribution in [3.63, 3.8) is 0 Å². The molecule has 0 atom stereocenters. The minimum atomic E-state index is -0.598. The average Bonchev–Trinajstić information content (AvgIpc) is 2.70. The standard InChI is InChI=1S/C24H24N2O4/c1-16-12-17(2)14-19(13-16)25-23(28)15-30-24(29)11-10-22(27)26-21-9-5-7-18-6-3-4-8-20(18)21/h3-9,12-14H,10-11,15H2,1-2H3,(H,25,28)(H,26,27). The lowest BCUT2D eigenvalue weighted by Gasteiger charge is -2.09. The zero-order valence-electron chi connectivity index (χ0n) is 17.0. The predicted molar refractivity (Wildman–Crippen MR) is 117 cm³/mol. The molecule has 0 aliphatic rings. The molecule has 0 fully saturated rings. The van der Waals surface area contributed by atoms with Gasteiger partial charge in [-0.3, -0.25) is 14.4 Å². The number of carbonyl (C=O) groups is 3. The van der Waals surface area contributed by atoms with Crippen LogP contribution < -0.4 is 10.6 Å². The Labute approximate surface area is 175 Å². The van der Waals surface area contributed by atoms with E-state index in [0.717, 1.165) is 21.9 Å². The highest BCUT2D eigenvalue weighted by atomic mass is 16.5. The second-order valence-corrected chi connectivity index (χ2v) is 7.16. The van der Waals surface area contributed by atoms with Gasteiger partial charge in [-0.05, 0) is 48.6 Å². The Morgan fingerprint density at radius 2 is 1.50 bits per heavy atom. The van der Waals surface area contributed by atoms with Crippen molar-refractivity contribution >= 4 is 39.9 Å². The van der Waals surface area contributed by atoms with E-state index < -0.39 is 18.5 Å². The molecular weight excluding hydrogens is 380 g/mol. The summed E-state index contributed by atoms with van der Waals surface area (Å²) in [6.07, 6.45) is -0.131. The number of fused-ring (bicyclic) bond motifs is 1. The first-order chi connectivity index (χ1) is 14.4. The minimum absolute atomic E-state index is 0.0270. The van der Waals surface area contributed by atoms with E-state index in [1.165, 1.54) is 0 Å². The summed E-state index contributed by atoms with van der Waals surface area (Å²) in [5.41, 5.74) is 3.40. The molecular formula is C24H24N2O4. The molecule has 3 aromatic carbocycles. The molecule has 0 saturated heterocycles. The Morgan fingerprint density at radius 1 is 0.800 bits per heavy atom. The monoisotopic (exact) mass is 404 g/mol. The first kappa shape index (κ1) is 21.0. The van der Waals surface area contributed by atoms with Crippen LogP contribution in [0.1, 0.15) is 24.0 Å². The van der Waals surface area contributed by atoms with Gasteiger partial charge in [-0.1, -0.05) is 42.5 Å². The molecule has 0 unspecified atom stereocenters. The molecule has 2 N–H and O–H groups in total. The average molecular weight is 404 g/mol. The van der Waals surface area contributed by atoms with Crippen LogP contribution >= 0.6 is 0 Å². The topological polar surface area (TPSA) is 84.5 Å². The molecule has 6 nitrogen and oxygen atoms in total. The largest absolute Gasteiger partial charge is 0.456 e. The van der Waals surface area contributed by atoms with Gasteiger partial charge in [0.15, 0.2) is 6.61 Å². The van der Waals surface area contributed by atoms with Crippen molar-refractivity contribution in [2.75, 3.05) is 17.2 Å². The number of benzene rings is 3. The van der Waals surface area contributed by atoms with Crippen LogP contribution in [-0.2, 0) is 19.1 Å². The van der Waals surface area contributed by atoms with E-state index >= 15 is 0 Å². The Kier molecular flexibility index (Phi) is 6.80. The number of ether oxygens (including phenoxy) is 1. The molecule has 0 aromatic heterocycles. The second-order valence-electron chi connectivity index (χ2n) is 7.16. The van der Waals surface area contributed by atoms with Crippen LogP contribution in [0.15, 0.2) is 60.7 Å². The van der Waals surface area contributed by atoms with Crippen molar-refractivity contribution in [1.82, 2.24) is 0 Å². The zero-order valence-corrected chi connectivity index (χ0v) is 17.0. The lowest BCUT2D eigenvalue weighted by atomic mass is 10.1. The summed E-state index contributed by atoms with van der Waals surface area (Å²) in [6, 6.07) is 19.0. The highest BCUT2D eigenvalue weighted by Gasteiger charge is 2.12. The molecule has 154 valence electrons. The third-order valence-electron chi connectivity index (χ3n) is 4.49. The molecule has 2 amide bonds. The maximum atomic E-state index is 12.2. The van der Waals surface area contributed by atoms with Gasteiger partial charge in [-0.2, -0.15) is 0 Å². The summed E-state index contributed by atoms with van der Waals surface area (Å²) in [4.78, 5) is 36.1. The summed E-state index contributed by atoms with van der Waals surface area (Å²) in [5, 5.41) is 7.47. The smallest absolute Gasteiger partial charge is 0.306 e. The number of esters is 1. The number of aryl methyl sites for hydroxylation is 2. The Balaban J connectivity index is 1.44. The normalized spacial score (nSPS) is 10.5. The molecule has 0 saturated carbocycles. The fourth-order valence-electron chi connectivity index (χ4n) is 3.22. The van der Waals surface area contributed by atoms with E-state index in [4.69, 9.17) is 4.74 Å². The van der Waals surface area contributed by atoms with Gasteiger partial charge >= 0.3 is 5.97 Å². The van der Waals surface area contributed by atoms with Crippen molar-refractivity contribution in [3.8, 4) is 0 Å². The van der Waals surface area contributed by atoms with Gasteiger partial charge in [0, 0.05) is 23.2 Å². The van der Waals surface area contributed by atoms with E-state index in [0.29, 0.717) is 11.4 Å². The predicted octanol–water partition coefficient (Wildman–Crippen LogP) is 4.36. The third-order valence-corrected chi connectivity index (χ3v) is 4.49. The summed E-state index contributed by atoms with van der Waals surface area (Å²) >= 11 is 0. The number of rotatable bonds is 7. The van der Waals surface area contributed by atoms with E-state index in [2.05, 4.69) is 10.6 Å². The fraction of sp³-hybridized carbons (Fsp3) is 0.208. The van der Waals surface area contributed by atoms with E-state index in [-0.39, 0.29) is 18.7 Å². The number of hydrogen-bond donors (Lipinski definition) is 2. The highest BCUT2D eigenvalue weighted by molar-refractivity contribution is 6.02. The quantitative estimate of drug-likeness (QED) is 0.573. The van der Waals surface area contributed by atoms with Crippen LogP contribution in [0.25, 0.3) is 10.8 Å². The Morgan fingerprint density at radius 3 is 2.27 bits per heavy atom. The molecule has 0 heterocycles. The van der Waals surface area contributed by atoms with Crippen LogP contribution in [0.2, 0.25) is 0 Å². The van der Waals surface area contributed by atoms with E-state index in [9.17, 15) is 14.4 Å². The summed E-state index contributed by atoms with van der Waals surface area (Å²) in [5.74, 6) is -1.31. The van der Waals surface area contributed by atoms with Crippen molar-refractivity contribution in [3.05, 3.63) is 71.8 Å². The van der Waals surface area contributed by atoms with Crippen LogP contribution in [0.4, 0.5) is 11.4 Å². The number of carbonyl (C=O) groups excluding carboxylic acids is 3. The molecule has 3 aromatic rings. The molecule has 0 bridgehead atoms. The van der Waals surface area contributed by atoms with Gasteiger partial charge in [0.2, 0.25) is 5.91 Å². The second kappa shape index (κ2) is 9.69. The Hall–Kier alpha value is -3.67. The van der Waals surface area contributed by atoms with Gasteiger partial charge in [0.1, 0.15) is 0 Å². The first-order valence-corrected chi connectivity index (χ1v) is 9.72. The van der Waals surface area contributed by atoms with Gasteiger partial charge in [0.05, 0.1) is 6.42 Å². The van der Waals surface area contributed by atoms with Crippen LogP contribution in [0.3, 0.4) is 0 Å². The SMILES string of the molecule is Cc1cc(C)cc(NC(=O)COC(=O)CCC(=O)Nc2cccc3ccccc23)c1. The fourth-order valence-corrected chi connectivity index (χ4v) is 3.22. The lowest BCUT2D eigenvalue weighted by Crippen LogP contribution is -2.22. The molecule has 0 aliphatic heterocycles. The van der Waals surface area contributed by atoms with Crippen LogP contribution in [-0.4, -0.2) is 24.4 Å². The zero-order chi connectivity index (χ0) is 21.5. The maximum absolute atomic E-state index is 12.2. The molecule has 0 aliphatic carbocycles. The maximum Gasteiger partial charge on any atom is 0.306 e. The number of nitrogens with one attached hydrogen (secondary N) is 2. The van der Waals surface area contributed by atoms with Crippen molar-refractivity contribution in [1.29, 1.82) is 0 Å². The van der Waals surface area contributed by atoms with Crippen LogP contribution in [0.5, 0.6) is 0 Å². The van der Waals surface area contributed by atoms with Crippen molar-refractivity contribution < 1.29 is 19.1 Å². The van der Waals surface area contributed by atoms with Gasteiger partial charge in [-0.25, -0.2) is 0 Å². The number of hydrogen-bond acceptors (Lipinski definition) is 4.